The largest absolute Gasteiger partial charge is 0.310 e. The van der Waals surface area contributed by atoms with Gasteiger partial charge in [0.15, 0.2) is 0 Å². The molecule has 0 aliphatic heterocycles. The fourth-order valence-electron chi connectivity index (χ4n) is 7.53. The summed E-state index contributed by atoms with van der Waals surface area (Å²) in [6.45, 7) is 4.55. The Morgan fingerprint density at radius 3 is 1.78 bits per heavy atom. The maximum atomic E-state index is 9.32. The van der Waals surface area contributed by atoms with Crippen molar-refractivity contribution in [2.45, 2.75) is 19.3 Å². The van der Waals surface area contributed by atoms with Gasteiger partial charge in [-0.1, -0.05) is 141 Å². The van der Waals surface area contributed by atoms with E-state index in [4.69, 9.17) is 0 Å². The summed E-state index contributed by atoms with van der Waals surface area (Å²) in [5, 5.41) is 6.97. The number of anilines is 3. The van der Waals surface area contributed by atoms with Gasteiger partial charge in [-0.15, -0.1) is 0 Å². The van der Waals surface area contributed by atoms with Gasteiger partial charge in [-0.25, -0.2) is 0 Å². The zero-order valence-electron chi connectivity index (χ0n) is 27.9. The first kappa shape index (κ1) is 24.6. The first-order chi connectivity index (χ1) is 23.4. The van der Waals surface area contributed by atoms with Crippen molar-refractivity contribution in [2.24, 2.45) is 0 Å². The summed E-state index contributed by atoms with van der Waals surface area (Å²) in [5.41, 5.74) is 9.46. The monoisotopic (exact) mass is 589 g/mol. The van der Waals surface area contributed by atoms with E-state index in [9.17, 15) is 2.74 Å². The molecule has 8 aromatic rings. The zero-order valence-corrected chi connectivity index (χ0v) is 25.9. The van der Waals surface area contributed by atoms with Gasteiger partial charge in [-0.3, -0.25) is 0 Å². The number of rotatable bonds is 5. The van der Waals surface area contributed by atoms with E-state index >= 15 is 0 Å². The zero-order chi connectivity index (χ0) is 32.6. The van der Waals surface area contributed by atoms with Crippen LogP contribution in [0.25, 0.3) is 55.5 Å². The molecule has 0 radical (unpaired) electrons. The van der Waals surface area contributed by atoms with Crippen molar-refractivity contribution in [3.05, 3.63) is 174 Å². The summed E-state index contributed by atoms with van der Waals surface area (Å²) in [5.74, 6) is 0. The molecule has 46 heavy (non-hydrogen) atoms. The van der Waals surface area contributed by atoms with Crippen LogP contribution in [0.3, 0.4) is 0 Å². The Bertz CT molecular complexity index is 2490. The highest BCUT2D eigenvalue weighted by atomic mass is 15.1. The molecule has 1 nitrogen and oxygen atoms in total. The van der Waals surface area contributed by atoms with Gasteiger partial charge >= 0.3 is 0 Å². The molecule has 1 heteroatoms. The lowest BCUT2D eigenvalue weighted by molar-refractivity contribution is 0.660. The van der Waals surface area contributed by atoms with Crippen LogP contribution < -0.4 is 4.90 Å². The average Bonchev–Trinajstić information content (AvgIpc) is 3.36. The van der Waals surface area contributed by atoms with Crippen LogP contribution in [0, 0.1) is 0 Å². The third-order valence-corrected chi connectivity index (χ3v) is 9.82. The van der Waals surface area contributed by atoms with Gasteiger partial charge in [0.2, 0.25) is 0 Å². The molecule has 0 amide bonds. The highest BCUT2D eigenvalue weighted by Gasteiger charge is 2.36. The van der Waals surface area contributed by atoms with Crippen molar-refractivity contribution in [3.8, 4) is 11.1 Å². The molecule has 0 atom stereocenters. The standard InChI is InChI=1S/C45H33N/c1-45(2)41-28-30(16-18-31-19-20-34-22-21-32-10-9-11-33-23-26-38(31)44(34)43(32)33)17-25-39(41)40-27-24-37(29-42(40)45)46(35-12-5-3-6-13-35)36-14-7-4-8-15-36/h3-29H,1-2H3/b18-16+/i16D,18D. The maximum Gasteiger partial charge on any atom is 0.0629 e. The van der Waals surface area contributed by atoms with Crippen LogP contribution in [-0.4, -0.2) is 0 Å². The van der Waals surface area contributed by atoms with E-state index in [0.29, 0.717) is 0 Å². The summed E-state index contributed by atoms with van der Waals surface area (Å²) in [4.78, 5) is 2.30. The van der Waals surface area contributed by atoms with Gasteiger partial charge in [0.05, 0.1) is 2.74 Å². The van der Waals surface area contributed by atoms with Crippen LogP contribution in [0.4, 0.5) is 17.1 Å². The van der Waals surface area contributed by atoms with E-state index in [1.807, 2.05) is 24.3 Å². The van der Waals surface area contributed by atoms with E-state index in [2.05, 4.69) is 146 Å². The highest BCUT2D eigenvalue weighted by Crippen LogP contribution is 2.51. The number of para-hydroxylation sites is 2. The van der Waals surface area contributed by atoms with Crippen molar-refractivity contribution in [2.75, 3.05) is 4.90 Å². The van der Waals surface area contributed by atoms with Crippen LogP contribution in [0.2, 0.25) is 0 Å². The van der Waals surface area contributed by atoms with E-state index in [1.54, 1.807) is 0 Å². The molecular formula is C45H33N. The van der Waals surface area contributed by atoms with Gasteiger partial charge in [-0.2, -0.15) is 0 Å². The Hall–Kier alpha value is -5.66. The number of benzene rings is 8. The lowest BCUT2D eigenvalue weighted by Crippen LogP contribution is -2.16. The van der Waals surface area contributed by atoms with Crippen LogP contribution in [0.5, 0.6) is 0 Å². The van der Waals surface area contributed by atoms with Gasteiger partial charge in [-0.05, 0) is 102 Å². The molecule has 9 rings (SSSR count). The normalized spacial score (nSPS) is 14.6. The number of hydrogen-bond donors (Lipinski definition) is 0. The minimum atomic E-state index is -0.287. The van der Waals surface area contributed by atoms with Crippen molar-refractivity contribution in [3.63, 3.8) is 0 Å². The molecule has 1 aliphatic carbocycles. The molecule has 0 saturated heterocycles. The van der Waals surface area contributed by atoms with Crippen LogP contribution >= 0.6 is 0 Å². The Balaban J connectivity index is 1.14. The van der Waals surface area contributed by atoms with Crippen molar-refractivity contribution < 1.29 is 2.74 Å². The Morgan fingerprint density at radius 2 is 1.09 bits per heavy atom. The third kappa shape index (κ3) is 4.09. The van der Waals surface area contributed by atoms with Crippen molar-refractivity contribution >= 4 is 61.5 Å². The first-order valence-corrected chi connectivity index (χ1v) is 15.9. The molecule has 8 aromatic carbocycles. The Kier molecular flexibility index (Phi) is 5.46. The van der Waals surface area contributed by atoms with E-state index in [-0.39, 0.29) is 17.5 Å². The van der Waals surface area contributed by atoms with Crippen molar-refractivity contribution in [1.29, 1.82) is 0 Å². The number of hydrogen-bond acceptors (Lipinski definition) is 1. The lowest BCUT2D eigenvalue weighted by Gasteiger charge is -2.28. The summed E-state index contributed by atoms with van der Waals surface area (Å²) >= 11 is 0. The predicted molar refractivity (Wildman–Crippen MR) is 198 cm³/mol. The minimum absolute atomic E-state index is 0.236. The Morgan fingerprint density at radius 1 is 0.500 bits per heavy atom. The third-order valence-electron chi connectivity index (χ3n) is 9.82. The molecule has 0 spiro atoms. The second-order valence-electron chi connectivity index (χ2n) is 12.8. The van der Waals surface area contributed by atoms with Gasteiger partial charge in [0.25, 0.3) is 0 Å². The predicted octanol–water partition coefficient (Wildman–Crippen LogP) is 12.5. The fourth-order valence-corrected chi connectivity index (χ4v) is 7.53. The molecule has 0 unspecified atom stereocenters. The van der Waals surface area contributed by atoms with E-state index in [0.717, 1.165) is 39.0 Å². The van der Waals surface area contributed by atoms with Crippen LogP contribution in [0.15, 0.2) is 152 Å². The number of fused-ring (bicyclic) bond motifs is 3. The highest BCUT2D eigenvalue weighted by molar-refractivity contribution is 6.24. The maximum absolute atomic E-state index is 9.32. The number of nitrogens with zero attached hydrogens (tertiary/aromatic N) is 1. The summed E-state index contributed by atoms with van der Waals surface area (Å²) in [6, 6.07) is 53.7. The first-order valence-electron chi connectivity index (χ1n) is 16.9. The smallest absolute Gasteiger partial charge is 0.0629 e. The molecule has 218 valence electrons. The van der Waals surface area contributed by atoms with Crippen LogP contribution in [-0.2, 0) is 5.41 Å². The van der Waals surface area contributed by atoms with Gasteiger partial charge < -0.3 is 4.90 Å². The summed E-state index contributed by atoms with van der Waals surface area (Å²) < 4.78 is 18.6. The van der Waals surface area contributed by atoms with Crippen LogP contribution in [0.1, 0.15) is 38.8 Å². The van der Waals surface area contributed by atoms with E-state index in [1.165, 1.54) is 43.8 Å². The average molecular weight is 590 g/mol. The molecule has 0 saturated carbocycles. The van der Waals surface area contributed by atoms with Gasteiger partial charge in [0, 0.05) is 22.5 Å². The quantitative estimate of drug-likeness (QED) is 0.143. The molecule has 0 N–H and O–H groups in total. The van der Waals surface area contributed by atoms with Gasteiger partial charge in [0.1, 0.15) is 0 Å². The fraction of sp³-hybridized carbons (Fsp3) is 0.0667. The summed E-state index contributed by atoms with van der Waals surface area (Å²) in [7, 11) is 0. The lowest BCUT2D eigenvalue weighted by atomic mass is 9.81. The molecular weight excluding hydrogens is 555 g/mol. The minimum Gasteiger partial charge on any atom is -0.310 e. The topological polar surface area (TPSA) is 3.24 Å². The van der Waals surface area contributed by atoms with Crippen molar-refractivity contribution in [1.82, 2.24) is 0 Å². The summed E-state index contributed by atoms with van der Waals surface area (Å²) in [6.07, 6.45) is 0. The molecule has 0 aromatic heterocycles. The SMILES string of the molecule is [2H]/C(=C(/[2H])c1ccc2ccc3cccc4ccc1c2c34)c1ccc2c(c1)C(C)(C)c1cc(N(c3ccccc3)c3ccccc3)ccc1-2. The Labute approximate surface area is 272 Å². The molecule has 0 heterocycles. The second kappa shape index (κ2) is 10.2. The second-order valence-corrected chi connectivity index (χ2v) is 12.8. The van der Waals surface area contributed by atoms with E-state index < -0.39 is 0 Å². The molecule has 1 aliphatic rings. The molecule has 0 bridgehead atoms. The molecule has 0 fully saturated rings.